The molecule has 306 valence electrons. The van der Waals surface area contributed by atoms with E-state index in [1.54, 1.807) is 6.08 Å². The molecule has 0 saturated carbocycles. The van der Waals surface area contributed by atoms with Crippen LogP contribution in [0.2, 0.25) is 0 Å². The number of aromatic nitrogens is 2. The Bertz CT molecular complexity index is 3060. The van der Waals surface area contributed by atoms with Crippen molar-refractivity contribution in [1.29, 1.82) is 0 Å². The molecule has 0 atom stereocenters. The normalized spacial score (nSPS) is 13.8. The fraction of sp³-hybridized carbons (Fsp3) is 0.0862. The van der Waals surface area contributed by atoms with Crippen LogP contribution >= 0.6 is 0 Å². The lowest BCUT2D eigenvalue weighted by molar-refractivity contribution is 1.17. The molecule has 7 rings (SSSR count). The van der Waals surface area contributed by atoms with Crippen LogP contribution in [-0.4, -0.2) is 14.8 Å². The quantitative estimate of drug-likeness (QED) is 0.0814. The molecule has 0 saturated heterocycles. The average Bonchev–Trinajstić information content (AvgIpc) is 3.81. The maximum absolute atomic E-state index is 5.45. The van der Waals surface area contributed by atoms with Crippen LogP contribution in [0.25, 0.3) is 66.1 Å². The molecule has 5 aromatic carbocycles. The molecule has 0 spiro atoms. The van der Waals surface area contributed by atoms with Crippen molar-refractivity contribution in [2.45, 2.75) is 34.1 Å². The lowest BCUT2D eigenvalue weighted by Crippen LogP contribution is -1.99. The largest absolute Gasteiger partial charge is 0.405 e. The monoisotopic (exact) mass is 806 g/mol. The molecule has 2 aromatic heterocycles. The standard InChI is InChI=1S/C58H54N4/c1-5-8-11-17-23-40-60-54(27-19-15-13-14-16-22-39-59)46-30-34-49(35-31-46)62-57-36-29-45(25-18-12-9-6-2)41-51(57)53-43-48(33-38-58(53)62)47-32-37-56-52(42-47)50-26-20-21-28-55(50)61(56)44(4)24-10-7-3/h5-24,26-43H,25,59H2,1-4H3/b8-5+,9-6-,10-7-,15-13+,16-14-,17-11-,18-12-,27-19+,39-22-,40-23-,44-24+,60-54+. The number of nitrogens with two attached hydrogens (primary N) is 1. The predicted octanol–water partition coefficient (Wildman–Crippen LogP) is 15.2. The topological polar surface area (TPSA) is 48.2 Å². The van der Waals surface area contributed by atoms with Gasteiger partial charge in [-0.15, -0.1) is 0 Å². The molecule has 4 nitrogen and oxygen atoms in total. The van der Waals surface area contributed by atoms with Crippen molar-refractivity contribution in [3.8, 4) is 16.8 Å². The molecule has 0 aliphatic heterocycles. The first-order valence-electron chi connectivity index (χ1n) is 21.3. The highest BCUT2D eigenvalue weighted by Gasteiger charge is 2.16. The van der Waals surface area contributed by atoms with Crippen LogP contribution in [-0.2, 0) is 6.42 Å². The number of para-hydroxylation sites is 1. The van der Waals surface area contributed by atoms with Gasteiger partial charge in [0.05, 0.1) is 27.8 Å². The first kappa shape index (κ1) is 42.4. The summed E-state index contributed by atoms with van der Waals surface area (Å²) in [5, 5.41) is 4.95. The van der Waals surface area contributed by atoms with Crippen LogP contribution < -0.4 is 5.73 Å². The molecule has 0 aliphatic carbocycles. The van der Waals surface area contributed by atoms with E-state index in [0.717, 1.165) is 28.9 Å². The van der Waals surface area contributed by atoms with E-state index >= 15 is 0 Å². The van der Waals surface area contributed by atoms with E-state index in [4.69, 9.17) is 10.7 Å². The maximum Gasteiger partial charge on any atom is 0.0701 e. The third-order valence-electron chi connectivity index (χ3n) is 10.7. The van der Waals surface area contributed by atoms with Crippen molar-refractivity contribution in [2.75, 3.05) is 0 Å². The number of benzene rings is 5. The Kier molecular flexibility index (Phi) is 14.4. The molecule has 0 amide bonds. The summed E-state index contributed by atoms with van der Waals surface area (Å²) >= 11 is 0. The van der Waals surface area contributed by atoms with Crippen LogP contribution in [0.3, 0.4) is 0 Å². The molecule has 4 heteroatoms. The van der Waals surface area contributed by atoms with Crippen LogP contribution in [0.4, 0.5) is 0 Å². The average molecular weight is 807 g/mol. The Morgan fingerprint density at radius 3 is 1.89 bits per heavy atom. The van der Waals surface area contributed by atoms with Crippen molar-refractivity contribution >= 4 is 55.0 Å². The Morgan fingerprint density at radius 1 is 0.548 bits per heavy atom. The highest BCUT2D eigenvalue weighted by molar-refractivity contribution is 6.13. The zero-order chi connectivity index (χ0) is 43.1. The van der Waals surface area contributed by atoms with Gasteiger partial charge in [0.25, 0.3) is 0 Å². The smallest absolute Gasteiger partial charge is 0.0701 e. The van der Waals surface area contributed by atoms with Crippen LogP contribution in [0.15, 0.2) is 236 Å². The Morgan fingerprint density at radius 2 is 1.15 bits per heavy atom. The number of nitrogens with zero attached hydrogens (tertiary/aromatic N) is 3. The van der Waals surface area contributed by atoms with Gasteiger partial charge in [-0.25, -0.2) is 0 Å². The minimum Gasteiger partial charge on any atom is -0.405 e. The second kappa shape index (κ2) is 21.0. The Labute approximate surface area is 366 Å². The molecule has 7 aromatic rings. The van der Waals surface area contributed by atoms with Crippen molar-refractivity contribution in [3.63, 3.8) is 0 Å². The molecule has 0 unspecified atom stereocenters. The SMILES string of the molecule is C/C=C\C=C/Cc1ccc2c(c1)c1cc(-c3ccc4c(c3)c3ccccc3n4/C(C)=C/C=C\C)ccc1n2-c1ccc(C(/C=C/C=C/C=C\C=C/N)=N/C=C\C=C/C=C/C)cc1. The molecular formula is C58H54N4. The van der Waals surface area contributed by atoms with Gasteiger partial charge < -0.3 is 14.9 Å². The highest BCUT2D eigenvalue weighted by atomic mass is 15.0. The fourth-order valence-electron chi connectivity index (χ4n) is 7.77. The minimum absolute atomic E-state index is 0.856. The van der Waals surface area contributed by atoms with Gasteiger partial charge in [-0.3, -0.25) is 4.99 Å². The van der Waals surface area contributed by atoms with Crippen molar-refractivity contribution in [2.24, 2.45) is 10.7 Å². The van der Waals surface area contributed by atoms with E-state index in [0.29, 0.717) is 0 Å². The van der Waals surface area contributed by atoms with E-state index < -0.39 is 0 Å². The van der Waals surface area contributed by atoms with E-state index in [1.807, 2.05) is 86.9 Å². The maximum atomic E-state index is 5.45. The number of allylic oxidation sites excluding steroid dienone is 20. The van der Waals surface area contributed by atoms with Crippen LogP contribution in [0.1, 0.15) is 38.8 Å². The zero-order valence-electron chi connectivity index (χ0n) is 36.1. The molecular weight excluding hydrogens is 753 g/mol. The van der Waals surface area contributed by atoms with Gasteiger partial charge in [0.15, 0.2) is 0 Å². The van der Waals surface area contributed by atoms with Gasteiger partial charge in [-0.1, -0.05) is 140 Å². The summed E-state index contributed by atoms with van der Waals surface area (Å²) in [6, 6.07) is 38.2. The summed E-state index contributed by atoms with van der Waals surface area (Å²) in [5.41, 5.74) is 18.0. The number of hydrogen-bond donors (Lipinski definition) is 1. The molecule has 2 N–H and O–H groups in total. The Balaban J connectivity index is 1.32. The third-order valence-corrected chi connectivity index (χ3v) is 10.7. The molecule has 0 radical (unpaired) electrons. The lowest BCUT2D eigenvalue weighted by atomic mass is 10.00. The molecule has 0 aliphatic rings. The van der Waals surface area contributed by atoms with E-state index in [-0.39, 0.29) is 0 Å². The summed E-state index contributed by atoms with van der Waals surface area (Å²) in [6.45, 7) is 8.27. The molecule has 0 fully saturated rings. The van der Waals surface area contributed by atoms with Gasteiger partial charge in [-0.05, 0) is 136 Å². The third kappa shape index (κ3) is 9.67. The number of fused-ring (bicyclic) bond motifs is 6. The predicted molar refractivity (Wildman–Crippen MR) is 272 cm³/mol. The van der Waals surface area contributed by atoms with E-state index in [2.05, 4.69) is 169 Å². The van der Waals surface area contributed by atoms with E-state index in [9.17, 15) is 0 Å². The van der Waals surface area contributed by atoms with Crippen molar-refractivity contribution in [1.82, 2.24) is 9.13 Å². The highest BCUT2D eigenvalue weighted by Crippen LogP contribution is 2.38. The van der Waals surface area contributed by atoms with Gasteiger partial charge >= 0.3 is 0 Å². The summed E-state index contributed by atoms with van der Waals surface area (Å²) in [6.07, 6.45) is 42.5. The fourth-order valence-corrected chi connectivity index (χ4v) is 7.77. The number of hydrogen-bond acceptors (Lipinski definition) is 2. The van der Waals surface area contributed by atoms with Gasteiger partial charge in [0.1, 0.15) is 0 Å². The second-order valence-corrected chi connectivity index (χ2v) is 14.8. The summed E-state index contributed by atoms with van der Waals surface area (Å²) in [5.74, 6) is 0. The molecule has 0 bridgehead atoms. The number of aliphatic imine (C=N–C) groups is 1. The van der Waals surface area contributed by atoms with Crippen molar-refractivity contribution < 1.29 is 0 Å². The van der Waals surface area contributed by atoms with Gasteiger partial charge in [0.2, 0.25) is 0 Å². The lowest BCUT2D eigenvalue weighted by Gasteiger charge is -2.10. The van der Waals surface area contributed by atoms with Crippen LogP contribution in [0, 0.1) is 0 Å². The molecule has 62 heavy (non-hydrogen) atoms. The zero-order valence-corrected chi connectivity index (χ0v) is 36.1. The summed E-state index contributed by atoms with van der Waals surface area (Å²) in [7, 11) is 0. The first-order valence-corrected chi connectivity index (χ1v) is 21.3. The Hall–Kier alpha value is -7.69. The number of rotatable bonds is 15. The van der Waals surface area contributed by atoms with E-state index in [1.165, 1.54) is 66.7 Å². The second-order valence-electron chi connectivity index (χ2n) is 14.8. The van der Waals surface area contributed by atoms with Gasteiger partial charge in [-0.2, -0.15) is 0 Å². The first-order chi connectivity index (χ1) is 30.6. The van der Waals surface area contributed by atoms with Gasteiger partial charge in [0, 0.05) is 44.7 Å². The summed E-state index contributed by atoms with van der Waals surface area (Å²) < 4.78 is 4.75. The molecule has 2 heterocycles. The summed E-state index contributed by atoms with van der Waals surface area (Å²) in [4.78, 5) is 4.84. The minimum atomic E-state index is 0.856. The van der Waals surface area contributed by atoms with Crippen molar-refractivity contribution in [3.05, 3.63) is 242 Å². The van der Waals surface area contributed by atoms with Crippen LogP contribution in [0.5, 0.6) is 0 Å².